The number of carbonyl (C=O) groups excluding carboxylic acids is 1. The first-order valence-corrected chi connectivity index (χ1v) is 7.63. The second-order valence-corrected chi connectivity index (χ2v) is 5.68. The van der Waals surface area contributed by atoms with Crippen LogP contribution in [0.5, 0.6) is 0 Å². The minimum absolute atomic E-state index is 0.0319. The number of thioether (sulfide) groups is 1. The maximum atomic E-state index is 12.5. The van der Waals surface area contributed by atoms with E-state index in [0.717, 1.165) is 17.0 Å². The summed E-state index contributed by atoms with van der Waals surface area (Å²) >= 11 is 1.77. The maximum absolute atomic E-state index is 12.5. The van der Waals surface area contributed by atoms with Crippen LogP contribution in [0.2, 0.25) is 0 Å². The van der Waals surface area contributed by atoms with E-state index in [-0.39, 0.29) is 17.9 Å². The molecule has 0 saturated carbocycles. The van der Waals surface area contributed by atoms with E-state index in [2.05, 4.69) is 18.5 Å². The summed E-state index contributed by atoms with van der Waals surface area (Å²) in [6.07, 6.45) is 2.07. The zero-order chi connectivity index (χ0) is 13.1. The van der Waals surface area contributed by atoms with Gasteiger partial charge in [-0.3, -0.25) is 4.79 Å². The number of nitrogens with zero attached hydrogens (tertiary/aromatic N) is 1. The fourth-order valence-electron chi connectivity index (χ4n) is 2.32. The van der Waals surface area contributed by atoms with Gasteiger partial charge in [-0.2, -0.15) is 11.8 Å². The molecule has 0 fully saturated rings. The number of carbonyl (C=O) groups is 1. The number of para-hydroxylation sites is 1. The van der Waals surface area contributed by atoms with Crippen LogP contribution < -0.4 is 5.32 Å². The normalized spacial score (nSPS) is 18.9. The van der Waals surface area contributed by atoms with Crippen LogP contribution >= 0.6 is 11.8 Å². The summed E-state index contributed by atoms with van der Waals surface area (Å²) in [7, 11) is 1.91. The fourth-order valence-corrected chi connectivity index (χ4v) is 3.03. The van der Waals surface area contributed by atoms with Crippen molar-refractivity contribution in [2.24, 2.45) is 0 Å². The van der Waals surface area contributed by atoms with E-state index in [1.807, 2.05) is 36.2 Å². The molecule has 1 amide bonds. The molecule has 0 spiro atoms. The van der Waals surface area contributed by atoms with Crippen molar-refractivity contribution in [2.45, 2.75) is 18.9 Å². The molecule has 1 aromatic carbocycles. The first-order chi connectivity index (χ1) is 8.65. The lowest BCUT2D eigenvalue weighted by Gasteiger charge is -2.27. The monoisotopic (exact) mass is 264 g/mol. The molecule has 4 heteroatoms. The van der Waals surface area contributed by atoms with Crippen molar-refractivity contribution in [3.05, 3.63) is 29.8 Å². The molecule has 2 rings (SSSR count). The van der Waals surface area contributed by atoms with Gasteiger partial charge in [0.2, 0.25) is 5.91 Å². The summed E-state index contributed by atoms with van der Waals surface area (Å²) < 4.78 is 0. The molecule has 1 heterocycles. The van der Waals surface area contributed by atoms with E-state index in [0.29, 0.717) is 6.54 Å². The molecular formula is C14H20N2OS. The van der Waals surface area contributed by atoms with Crippen molar-refractivity contribution < 1.29 is 4.79 Å². The first-order valence-electron chi connectivity index (χ1n) is 6.23. The Bertz CT molecular complexity index is 436. The topological polar surface area (TPSA) is 32.3 Å². The number of benzene rings is 1. The number of anilines is 1. The van der Waals surface area contributed by atoms with E-state index >= 15 is 0 Å². The number of rotatable bonds is 4. The number of fused-ring (bicyclic) bond motifs is 1. The molecule has 0 saturated heterocycles. The second-order valence-electron chi connectivity index (χ2n) is 4.77. The third-order valence-corrected chi connectivity index (χ3v) is 4.36. The zero-order valence-corrected chi connectivity index (χ0v) is 12.0. The van der Waals surface area contributed by atoms with Crippen molar-refractivity contribution >= 4 is 23.4 Å². The van der Waals surface area contributed by atoms with Gasteiger partial charge in [-0.1, -0.05) is 18.2 Å². The zero-order valence-electron chi connectivity index (χ0n) is 11.1. The van der Waals surface area contributed by atoms with Crippen LogP contribution in [0.15, 0.2) is 24.3 Å². The largest absolute Gasteiger partial charge is 0.384 e. The molecule has 0 aliphatic carbocycles. The molecule has 0 aromatic heterocycles. The van der Waals surface area contributed by atoms with Crippen LogP contribution in [0.25, 0.3) is 0 Å². The molecular weight excluding hydrogens is 244 g/mol. The van der Waals surface area contributed by atoms with Gasteiger partial charge in [-0.25, -0.2) is 0 Å². The highest BCUT2D eigenvalue weighted by Crippen LogP contribution is 2.32. The van der Waals surface area contributed by atoms with E-state index in [1.54, 1.807) is 11.8 Å². The summed E-state index contributed by atoms with van der Waals surface area (Å²) in [5, 5.41) is 3.30. The molecule has 1 aliphatic heterocycles. The van der Waals surface area contributed by atoms with Crippen LogP contribution in [-0.4, -0.2) is 42.4 Å². The Morgan fingerprint density at radius 3 is 3.00 bits per heavy atom. The lowest BCUT2D eigenvalue weighted by molar-refractivity contribution is -0.132. The predicted octanol–water partition coefficient (Wildman–Crippen LogP) is 2.41. The van der Waals surface area contributed by atoms with Gasteiger partial charge in [-0.15, -0.1) is 0 Å². The van der Waals surface area contributed by atoms with Crippen LogP contribution in [-0.2, 0) is 4.79 Å². The third kappa shape index (κ3) is 2.48. The van der Waals surface area contributed by atoms with Crippen molar-refractivity contribution in [2.75, 3.05) is 30.9 Å². The van der Waals surface area contributed by atoms with Crippen LogP contribution in [0.4, 0.5) is 5.69 Å². The highest BCUT2D eigenvalue weighted by molar-refractivity contribution is 7.98. The Balaban J connectivity index is 2.11. The molecule has 0 bridgehead atoms. The molecule has 1 aromatic rings. The first kappa shape index (κ1) is 13.3. The van der Waals surface area contributed by atoms with Gasteiger partial charge in [0.1, 0.15) is 0 Å². The summed E-state index contributed by atoms with van der Waals surface area (Å²) in [5.74, 6) is 1.16. The smallest absolute Gasteiger partial charge is 0.231 e. The summed E-state index contributed by atoms with van der Waals surface area (Å²) in [6, 6.07) is 8.36. The van der Waals surface area contributed by atoms with Crippen molar-refractivity contribution in [1.29, 1.82) is 0 Å². The maximum Gasteiger partial charge on any atom is 0.231 e. The Morgan fingerprint density at radius 2 is 2.28 bits per heavy atom. The summed E-state index contributed by atoms with van der Waals surface area (Å²) in [6.45, 7) is 2.82. The van der Waals surface area contributed by atoms with Gasteiger partial charge in [0.25, 0.3) is 0 Å². The lowest BCUT2D eigenvalue weighted by atomic mass is 9.99. The van der Waals surface area contributed by atoms with E-state index in [1.165, 1.54) is 0 Å². The second kappa shape index (κ2) is 5.65. The quantitative estimate of drug-likeness (QED) is 0.906. The SMILES string of the molecule is CSCC(C)N(C)C(=O)C1CNc2ccccc21. The van der Waals surface area contributed by atoms with E-state index < -0.39 is 0 Å². The van der Waals surface area contributed by atoms with Gasteiger partial charge in [0.05, 0.1) is 5.92 Å². The van der Waals surface area contributed by atoms with Gasteiger partial charge >= 0.3 is 0 Å². The molecule has 98 valence electrons. The van der Waals surface area contributed by atoms with Crippen LogP contribution in [0.3, 0.4) is 0 Å². The molecule has 0 radical (unpaired) electrons. The average molecular weight is 264 g/mol. The van der Waals surface area contributed by atoms with E-state index in [4.69, 9.17) is 0 Å². The van der Waals surface area contributed by atoms with Gasteiger partial charge < -0.3 is 10.2 Å². The molecule has 1 N–H and O–H groups in total. The molecule has 2 atom stereocenters. The van der Waals surface area contributed by atoms with Crippen molar-refractivity contribution in [1.82, 2.24) is 4.90 Å². The van der Waals surface area contributed by atoms with Crippen molar-refractivity contribution in [3.8, 4) is 0 Å². The Kier molecular flexibility index (Phi) is 4.17. The minimum Gasteiger partial charge on any atom is -0.384 e. The molecule has 3 nitrogen and oxygen atoms in total. The summed E-state index contributed by atoms with van der Waals surface area (Å²) in [4.78, 5) is 14.4. The molecule has 1 aliphatic rings. The van der Waals surface area contributed by atoms with Crippen molar-refractivity contribution in [3.63, 3.8) is 0 Å². The van der Waals surface area contributed by atoms with Gasteiger partial charge in [-0.05, 0) is 24.8 Å². The highest BCUT2D eigenvalue weighted by Gasteiger charge is 2.31. The van der Waals surface area contributed by atoms with Gasteiger partial charge in [0, 0.05) is 31.1 Å². The average Bonchev–Trinajstić information content (AvgIpc) is 2.81. The fraction of sp³-hybridized carbons (Fsp3) is 0.500. The Morgan fingerprint density at radius 1 is 1.56 bits per heavy atom. The Hall–Kier alpha value is -1.16. The number of likely N-dealkylation sites (N-methyl/N-ethyl adjacent to an activating group) is 1. The number of nitrogens with one attached hydrogen (secondary N) is 1. The number of hydrogen-bond acceptors (Lipinski definition) is 3. The Labute approximate surface area is 113 Å². The minimum atomic E-state index is -0.0319. The van der Waals surface area contributed by atoms with E-state index in [9.17, 15) is 4.79 Å². The highest BCUT2D eigenvalue weighted by atomic mass is 32.2. The standard InChI is InChI=1S/C14H20N2OS/c1-10(9-18-3)16(2)14(17)12-8-15-13-7-5-4-6-11(12)13/h4-7,10,12,15H,8-9H2,1-3H3. The van der Waals surface area contributed by atoms with Gasteiger partial charge in [0.15, 0.2) is 0 Å². The summed E-state index contributed by atoms with van der Waals surface area (Å²) in [5.41, 5.74) is 2.23. The third-order valence-electron chi connectivity index (χ3n) is 3.55. The molecule has 18 heavy (non-hydrogen) atoms. The number of hydrogen-bond donors (Lipinski definition) is 1. The van der Waals surface area contributed by atoms with Crippen LogP contribution in [0, 0.1) is 0 Å². The molecule has 2 unspecified atom stereocenters. The lowest BCUT2D eigenvalue weighted by Crippen LogP contribution is -2.40. The number of amides is 1. The predicted molar refractivity (Wildman–Crippen MR) is 78.3 cm³/mol. The van der Waals surface area contributed by atoms with Crippen LogP contribution in [0.1, 0.15) is 18.4 Å².